The van der Waals surface area contributed by atoms with Gasteiger partial charge in [-0.25, -0.2) is 0 Å². The van der Waals surface area contributed by atoms with Crippen LogP contribution in [-0.4, -0.2) is 26.4 Å². The summed E-state index contributed by atoms with van der Waals surface area (Å²) >= 11 is 16.7. The molecule has 0 bridgehead atoms. The number of hydrogen-bond donors (Lipinski definition) is 1. The molecule has 10 heteroatoms. The number of thioether (sulfide) groups is 1. The molecule has 3 aromatic rings. The van der Waals surface area contributed by atoms with Gasteiger partial charge in [-0.15, -0.1) is 10.2 Å². The molecule has 0 radical (unpaired) electrons. The monoisotopic (exact) mass is 474 g/mol. The van der Waals surface area contributed by atoms with Crippen LogP contribution in [0.1, 0.15) is 6.92 Å². The highest BCUT2D eigenvalue weighted by Gasteiger charge is 2.17. The molecule has 0 aliphatic heterocycles. The highest BCUT2D eigenvalue weighted by atomic mass is 79.9. The van der Waals surface area contributed by atoms with Crippen molar-refractivity contribution in [1.82, 2.24) is 14.8 Å². The quantitative estimate of drug-likeness (QED) is 0.486. The molecule has 1 amide bonds. The van der Waals surface area contributed by atoms with Crippen LogP contribution in [0, 0.1) is 0 Å². The Balaban J connectivity index is 1.70. The van der Waals surface area contributed by atoms with E-state index in [9.17, 15) is 4.79 Å². The third kappa shape index (κ3) is 4.25. The Labute approximate surface area is 172 Å². The van der Waals surface area contributed by atoms with Gasteiger partial charge in [0.1, 0.15) is 0 Å². The van der Waals surface area contributed by atoms with E-state index in [1.807, 2.05) is 11.5 Å². The van der Waals surface area contributed by atoms with Crippen LogP contribution in [0.2, 0.25) is 10.0 Å². The lowest BCUT2D eigenvalue weighted by atomic mass is 10.3. The summed E-state index contributed by atoms with van der Waals surface area (Å²) < 4.78 is 8.03. The number of para-hydroxylation sites is 1. The smallest absolute Gasteiger partial charge is 0.234 e. The number of benzene rings is 1. The fourth-order valence-electron chi connectivity index (χ4n) is 2.22. The average Bonchev–Trinajstić information content (AvgIpc) is 3.21. The molecule has 0 saturated heterocycles. The molecule has 0 unspecified atom stereocenters. The van der Waals surface area contributed by atoms with Crippen LogP contribution >= 0.6 is 50.9 Å². The van der Waals surface area contributed by atoms with Gasteiger partial charge in [0.25, 0.3) is 0 Å². The van der Waals surface area contributed by atoms with Crippen molar-refractivity contribution in [3.05, 3.63) is 45.0 Å². The Kier molecular flexibility index (Phi) is 6.29. The van der Waals surface area contributed by atoms with Gasteiger partial charge in [0, 0.05) is 6.54 Å². The standard InChI is InChI=1S/C16H13BrCl2N4O2S/c1-2-23-15(11-6-7-12(17)25-11)21-22-16(23)26-8-13(24)20-14-9(18)4-3-5-10(14)19/h3-7H,2,8H2,1H3,(H,20,24). The van der Waals surface area contributed by atoms with Crippen LogP contribution in [0.5, 0.6) is 0 Å². The predicted molar refractivity (Wildman–Crippen MR) is 107 cm³/mol. The van der Waals surface area contributed by atoms with Crippen LogP contribution < -0.4 is 5.32 Å². The van der Waals surface area contributed by atoms with Gasteiger partial charge >= 0.3 is 0 Å². The molecule has 0 fully saturated rings. The molecule has 0 aliphatic carbocycles. The van der Waals surface area contributed by atoms with Gasteiger partial charge in [0.05, 0.1) is 21.5 Å². The highest BCUT2D eigenvalue weighted by molar-refractivity contribution is 9.10. The molecule has 0 saturated carbocycles. The summed E-state index contributed by atoms with van der Waals surface area (Å²) in [4.78, 5) is 12.2. The van der Waals surface area contributed by atoms with E-state index in [1.165, 1.54) is 11.8 Å². The maximum Gasteiger partial charge on any atom is 0.234 e. The number of aromatic nitrogens is 3. The maximum atomic E-state index is 12.2. The van der Waals surface area contributed by atoms with Crippen LogP contribution in [-0.2, 0) is 11.3 Å². The fourth-order valence-corrected chi connectivity index (χ4v) is 3.82. The van der Waals surface area contributed by atoms with Crippen LogP contribution in [0.25, 0.3) is 11.6 Å². The minimum atomic E-state index is -0.238. The topological polar surface area (TPSA) is 73.0 Å². The van der Waals surface area contributed by atoms with Crippen molar-refractivity contribution in [1.29, 1.82) is 0 Å². The molecule has 3 rings (SSSR count). The van der Waals surface area contributed by atoms with E-state index in [4.69, 9.17) is 27.6 Å². The molecule has 6 nitrogen and oxygen atoms in total. The lowest BCUT2D eigenvalue weighted by molar-refractivity contribution is -0.113. The van der Waals surface area contributed by atoms with E-state index in [2.05, 4.69) is 31.4 Å². The molecule has 1 aromatic carbocycles. The van der Waals surface area contributed by atoms with Crippen molar-refractivity contribution < 1.29 is 9.21 Å². The fraction of sp³-hybridized carbons (Fsp3) is 0.188. The summed E-state index contributed by atoms with van der Waals surface area (Å²) in [5, 5.41) is 12.4. The number of halogens is 3. The number of amides is 1. The Morgan fingerprint density at radius 1 is 1.27 bits per heavy atom. The lowest BCUT2D eigenvalue weighted by Gasteiger charge is -2.09. The van der Waals surface area contributed by atoms with Gasteiger partial charge in [0.15, 0.2) is 15.6 Å². The first-order valence-corrected chi connectivity index (χ1v) is 10.1. The second-order valence-corrected chi connectivity index (χ2v) is 7.63. The zero-order valence-corrected chi connectivity index (χ0v) is 17.4. The van der Waals surface area contributed by atoms with Crippen LogP contribution in [0.4, 0.5) is 5.69 Å². The van der Waals surface area contributed by atoms with Gasteiger partial charge in [-0.1, -0.05) is 41.0 Å². The van der Waals surface area contributed by atoms with E-state index < -0.39 is 0 Å². The van der Waals surface area contributed by atoms with Gasteiger partial charge in [0.2, 0.25) is 11.7 Å². The summed E-state index contributed by atoms with van der Waals surface area (Å²) in [5.74, 6) is 1.11. The maximum absolute atomic E-state index is 12.2. The van der Waals surface area contributed by atoms with Crippen molar-refractivity contribution in [3.63, 3.8) is 0 Å². The number of furan rings is 1. The first kappa shape index (κ1) is 19.3. The number of rotatable bonds is 6. The van der Waals surface area contributed by atoms with Crippen molar-refractivity contribution >= 4 is 62.5 Å². The third-order valence-corrected chi connectivity index (χ3v) is 5.41. The minimum Gasteiger partial charge on any atom is -0.446 e. The Morgan fingerprint density at radius 2 is 2.00 bits per heavy atom. The Hall–Kier alpha value is -1.48. The lowest BCUT2D eigenvalue weighted by Crippen LogP contribution is -2.15. The minimum absolute atomic E-state index is 0.140. The largest absolute Gasteiger partial charge is 0.446 e. The molecule has 0 spiro atoms. The summed E-state index contributed by atoms with van der Waals surface area (Å²) in [6.07, 6.45) is 0. The summed E-state index contributed by atoms with van der Waals surface area (Å²) in [5.41, 5.74) is 0.402. The molecule has 2 heterocycles. The number of nitrogens with zero attached hydrogens (tertiary/aromatic N) is 3. The molecule has 0 aliphatic rings. The molecule has 2 aromatic heterocycles. The van der Waals surface area contributed by atoms with Gasteiger partial charge < -0.3 is 9.73 Å². The highest BCUT2D eigenvalue weighted by Crippen LogP contribution is 2.31. The number of hydrogen-bond acceptors (Lipinski definition) is 5. The number of carbonyl (C=O) groups is 1. The van der Waals surface area contributed by atoms with Crippen LogP contribution in [0.15, 0.2) is 44.6 Å². The summed E-state index contributed by atoms with van der Waals surface area (Å²) in [6, 6.07) is 8.64. The second kappa shape index (κ2) is 8.47. The molecule has 1 N–H and O–H groups in total. The number of anilines is 1. The second-order valence-electron chi connectivity index (χ2n) is 5.09. The molecule has 136 valence electrons. The van der Waals surface area contributed by atoms with E-state index in [1.54, 1.807) is 30.3 Å². The normalized spacial score (nSPS) is 10.9. The van der Waals surface area contributed by atoms with Crippen molar-refractivity contribution in [2.45, 2.75) is 18.6 Å². The SMILES string of the molecule is CCn1c(SCC(=O)Nc2c(Cl)cccc2Cl)nnc1-c1ccc(Br)o1. The van der Waals surface area contributed by atoms with Gasteiger partial charge in [-0.3, -0.25) is 9.36 Å². The Bertz CT molecular complexity index is 924. The zero-order valence-electron chi connectivity index (χ0n) is 13.5. The molecule has 0 atom stereocenters. The first-order valence-electron chi connectivity index (χ1n) is 7.55. The van der Waals surface area contributed by atoms with Crippen molar-refractivity contribution in [3.8, 4) is 11.6 Å². The van der Waals surface area contributed by atoms with E-state index in [-0.39, 0.29) is 11.7 Å². The third-order valence-electron chi connectivity index (χ3n) is 3.39. The first-order chi connectivity index (χ1) is 12.5. The number of nitrogens with one attached hydrogen (secondary N) is 1. The Morgan fingerprint density at radius 3 is 2.62 bits per heavy atom. The van der Waals surface area contributed by atoms with Gasteiger partial charge in [-0.2, -0.15) is 0 Å². The molecule has 26 heavy (non-hydrogen) atoms. The van der Waals surface area contributed by atoms with Crippen LogP contribution in [0.3, 0.4) is 0 Å². The molecular weight excluding hydrogens is 463 g/mol. The summed E-state index contributed by atoms with van der Waals surface area (Å²) in [6.45, 7) is 2.61. The number of carbonyl (C=O) groups excluding carboxylic acids is 1. The van der Waals surface area contributed by atoms with E-state index >= 15 is 0 Å². The zero-order chi connectivity index (χ0) is 18.7. The average molecular weight is 476 g/mol. The van der Waals surface area contributed by atoms with Crippen molar-refractivity contribution in [2.75, 3.05) is 11.1 Å². The summed E-state index contributed by atoms with van der Waals surface area (Å²) in [7, 11) is 0. The molecular formula is C16H13BrCl2N4O2S. The predicted octanol–water partition coefficient (Wildman–Crippen LogP) is 5.36. The van der Waals surface area contributed by atoms with Crippen molar-refractivity contribution in [2.24, 2.45) is 0 Å². The van der Waals surface area contributed by atoms with E-state index in [0.717, 1.165) is 0 Å². The van der Waals surface area contributed by atoms with Gasteiger partial charge in [-0.05, 0) is 47.1 Å². The van der Waals surface area contributed by atoms with E-state index in [0.29, 0.717) is 43.7 Å².